The topological polar surface area (TPSA) is 90.4 Å². The Morgan fingerprint density at radius 1 is 1.03 bits per heavy atom. The third kappa shape index (κ3) is 5.33. The molecule has 3 aliphatic rings. The second-order valence-corrected chi connectivity index (χ2v) is 9.28. The number of ether oxygens (including phenoxy) is 2. The molecule has 1 N–H and O–H groups in total. The summed E-state index contributed by atoms with van der Waals surface area (Å²) in [5.74, 6) is -0.194. The van der Waals surface area contributed by atoms with Gasteiger partial charge in [0.1, 0.15) is 12.4 Å². The molecule has 12 heteroatoms. The monoisotopic (exact) mass is 503 g/mol. The molecule has 2 aromatic rings. The summed E-state index contributed by atoms with van der Waals surface area (Å²) in [5, 5.41) is 3.61. The highest BCUT2D eigenvalue weighted by molar-refractivity contribution is 6.42. The van der Waals surface area contributed by atoms with E-state index in [2.05, 4.69) is 15.3 Å². The Morgan fingerprint density at radius 3 is 2.36 bits per heavy atom. The minimum absolute atomic E-state index is 0.0510. The summed E-state index contributed by atoms with van der Waals surface area (Å²) in [6.45, 7) is -0.480. The summed E-state index contributed by atoms with van der Waals surface area (Å²) in [5.41, 5.74) is -1.64. The molecule has 176 valence electrons. The summed E-state index contributed by atoms with van der Waals surface area (Å²) >= 11 is 11.8. The Hall–Kier alpha value is -2.59. The van der Waals surface area contributed by atoms with Crippen molar-refractivity contribution in [1.82, 2.24) is 15.3 Å². The number of alkyl halides is 3. The van der Waals surface area contributed by atoms with Crippen molar-refractivity contribution in [2.24, 2.45) is 5.41 Å². The maximum absolute atomic E-state index is 12.5. The van der Waals surface area contributed by atoms with Crippen LogP contribution in [0.4, 0.5) is 13.2 Å². The SMILES string of the molecule is O=C(COc1ccc(Cl)c(Cl)c1)CC12CC(NC(=O)COc3cnc(C(F)(F)F)cn3)(C1)C2. The molecule has 1 aromatic heterocycles. The van der Waals surface area contributed by atoms with Crippen LogP contribution in [0.3, 0.4) is 0 Å². The van der Waals surface area contributed by atoms with E-state index in [1.54, 1.807) is 18.2 Å². The summed E-state index contributed by atoms with van der Waals surface area (Å²) in [6, 6.07) is 4.76. The molecule has 1 heterocycles. The molecule has 0 atom stereocenters. The lowest BCUT2D eigenvalue weighted by Crippen LogP contribution is -2.75. The van der Waals surface area contributed by atoms with E-state index in [4.69, 9.17) is 32.7 Å². The standard InChI is InChI=1S/C21H18Cl2F3N3O4/c22-14-2-1-13(3-15(14)23)32-7-12(30)4-19-9-20(10-19,11-19)29-17(31)8-33-18-6-27-16(5-28-18)21(24,25)26/h1-3,5-6H,4,7-11H2,(H,29,31). The van der Waals surface area contributed by atoms with Gasteiger partial charge in [-0.25, -0.2) is 9.97 Å². The van der Waals surface area contributed by atoms with Gasteiger partial charge in [-0.2, -0.15) is 13.2 Å². The van der Waals surface area contributed by atoms with E-state index in [0.29, 0.717) is 47.7 Å². The van der Waals surface area contributed by atoms with Crippen LogP contribution in [-0.2, 0) is 15.8 Å². The number of hydrogen-bond acceptors (Lipinski definition) is 6. The van der Waals surface area contributed by atoms with Gasteiger partial charge in [-0.1, -0.05) is 23.2 Å². The van der Waals surface area contributed by atoms with Gasteiger partial charge in [-0.05, 0) is 36.8 Å². The van der Waals surface area contributed by atoms with Crippen LogP contribution in [0.1, 0.15) is 31.4 Å². The van der Waals surface area contributed by atoms with Crippen molar-refractivity contribution in [3.8, 4) is 11.6 Å². The molecule has 7 nitrogen and oxygen atoms in total. The van der Waals surface area contributed by atoms with Crippen LogP contribution in [0, 0.1) is 5.41 Å². The van der Waals surface area contributed by atoms with Crippen LogP contribution in [0.15, 0.2) is 30.6 Å². The Morgan fingerprint density at radius 2 is 1.76 bits per heavy atom. The second-order valence-electron chi connectivity index (χ2n) is 8.47. The van der Waals surface area contributed by atoms with Crippen LogP contribution >= 0.6 is 23.2 Å². The van der Waals surface area contributed by atoms with Gasteiger partial charge in [0.15, 0.2) is 18.1 Å². The third-order valence-corrected chi connectivity index (χ3v) is 6.42. The number of hydrogen-bond donors (Lipinski definition) is 1. The van der Waals surface area contributed by atoms with Crippen LogP contribution in [0.5, 0.6) is 11.6 Å². The summed E-state index contributed by atoms with van der Waals surface area (Å²) in [4.78, 5) is 31.2. The van der Waals surface area contributed by atoms with Crippen LogP contribution in [0.25, 0.3) is 0 Å². The van der Waals surface area contributed by atoms with Crippen molar-refractivity contribution in [3.05, 3.63) is 46.3 Å². The van der Waals surface area contributed by atoms with Crippen molar-refractivity contribution in [3.63, 3.8) is 0 Å². The fourth-order valence-electron chi connectivity index (χ4n) is 4.53. The van der Waals surface area contributed by atoms with Gasteiger partial charge in [0.2, 0.25) is 5.88 Å². The molecular weight excluding hydrogens is 486 g/mol. The highest BCUT2D eigenvalue weighted by atomic mass is 35.5. The zero-order valence-corrected chi connectivity index (χ0v) is 18.6. The maximum Gasteiger partial charge on any atom is 0.434 e. The zero-order valence-electron chi connectivity index (χ0n) is 17.0. The van der Waals surface area contributed by atoms with Crippen LogP contribution in [-0.4, -0.2) is 40.4 Å². The molecule has 0 radical (unpaired) electrons. The van der Waals surface area contributed by atoms with Gasteiger partial charge >= 0.3 is 6.18 Å². The lowest BCUT2D eigenvalue weighted by Gasteiger charge is -2.70. The molecule has 0 unspecified atom stereocenters. The number of carbonyl (C=O) groups excluding carboxylic acids is 2. The predicted octanol–water partition coefficient (Wildman–Crippen LogP) is 4.26. The zero-order chi connectivity index (χ0) is 23.9. The van der Waals surface area contributed by atoms with Crippen molar-refractivity contribution >= 4 is 34.9 Å². The van der Waals surface area contributed by atoms with E-state index in [-0.39, 0.29) is 29.2 Å². The normalized spacial score (nSPS) is 23.2. The quantitative estimate of drug-likeness (QED) is 0.549. The number of nitrogens with zero attached hydrogens (tertiary/aromatic N) is 2. The molecule has 1 amide bonds. The molecule has 3 saturated carbocycles. The molecule has 5 rings (SSSR count). The van der Waals surface area contributed by atoms with Gasteiger partial charge in [0.05, 0.1) is 22.4 Å². The largest absolute Gasteiger partial charge is 0.486 e. The maximum atomic E-state index is 12.5. The lowest BCUT2D eigenvalue weighted by atomic mass is 9.38. The number of benzene rings is 1. The molecule has 3 fully saturated rings. The molecular formula is C21H18Cl2F3N3O4. The van der Waals surface area contributed by atoms with Gasteiger partial charge in [0, 0.05) is 18.0 Å². The highest BCUT2D eigenvalue weighted by Crippen LogP contribution is 2.69. The van der Waals surface area contributed by atoms with Crippen molar-refractivity contribution in [1.29, 1.82) is 0 Å². The first kappa shape index (κ1) is 23.6. The number of rotatable bonds is 9. The van der Waals surface area contributed by atoms with E-state index in [1.165, 1.54) is 0 Å². The van der Waals surface area contributed by atoms with E-state index in [0.717, 1.165) is 6.20 Å². The lowest BCUT2D eigenvalue weighted by molar-refractivity contribution is -0.173. The van der Waals surface area contributed by atoms with Gasteiger partial charge < -0.3 is 14.8 Å². The Kier molecular flexibility index (Phi) is 6.17. The van der Waals surface area contributed by atoms with Crippen LogP contribution < -0.4 is 14.8 Å². The Bertz CT molecular complexity index is 1060. The number of carbonyl (C=O) groups is 2. The molecule has 33 heavy (non-hydrogen) atoms. The highest BCUT2D eigenvalue weighted by Gasteiger charge is 2.68. The van der Waals surface area contributed by atoms with Gasteiger partial charge in [0.25, 0.3) is 5.91 Å². The fraction of sp³-hybridized carbons (Fsp3) is 0.429. The predicted molar refractivity (Wildman–Crippen MR) is 111 cm³/mol. The first-order valence-corrected chi connectivity index (χ1v) is 10.7. The first-order valence-electron chi connectivity index (χ1n) is 9.90. The second kappa shape index (κ2) is 8.64. The number of amides is 1. The van der Waals surface area contributed by atoms with E-state index >= 15 is 0 Å². The fourth-order valence-corrected chi connectivity index (χ4v) is 4.81. The van der Waals surface area contributed by atoms with Crippen molar-refractivity contribution in [2.75, 3.05) is 13.2 Å². The summed E-state index contributed by atoms with van der Waals surface area (Å²) < 4.78 is 48.0. The number of halogens is 5. The third-order valence-electron chi connectivity index (χ3n) is 5.68. The average Bonchev–Trinajstić information content (AvgIpc) is 2.70. The van der Waals surface area contributed by atoms with E-state index < -0.39 is 24.4 Å². The Labute approximate surface area is 196 Å². The van der Waals surface area contributed by atoms with Gasteiger partial charge in [-0.3, -0.25) is 9.59 Å². The summed E-state index contributed by atoms with van der Waals surface area (Å²) in [6.07, 6.45) is -0.874. The van der Waals surface area contributed by atoms with E-state index in [1.807, 2.05) is 0 Å². The smallest absolute Gasteiger partial charge is 0.434 e. The minimum Gasteiger partial charge on any atom is -0.486 e. The molecule has 1 aromatic carbocycles. The minimum atomic E-state index is -4.60. The van der Waals surface area contributed by atoms with Crippen molar-refractivity contribution < 1.29 is 32.2 Å². The molecule has 0 saturated heterocycles. The Balaban J connectivity index is 1.16. The molecule has 3 aliphatic carbocycles. The van der Waals surface area contributed by atoms with E-state index in [9.17, 15) is 22.8 Å². The van der Waals surface area contributed by atoms with Gasteiger partial charge in [-0.15, -0.1) is 0 Å². The van der Waals surface area contributed by atoms with Crippen LogP contribution in [0.2, 0.25) is 10.0 Å². The first-order chi connectivity index (χ1) is 15.5. The van der Waals surface area contributed by atoms with Crippen molar-refractivity contribution in [2.45, 2.75) is 37.4 Å². The molecule has 0 aliphatic heterocycles. The number of aromatic nitrogens is 2. The number of nitrogens with one attached hydrogen (secondary N) is 1. The average molecular weight is 504 g/mol. The number of ketones is 1. The molecule has 0 spiro atoms. The molecule has 2 bridgehead atoms. The summed E-state index contributed by atoms with van der Waals surface area (Å²) in [7, 11) is 0. The number of Topliss-reactive ketones (excluding diaryl/α,β-unsaturated/α-hetero) is 1.